The Kier molecular flexibility index (Phi) is 4.01. The molecule has 0 fully saturated rings. The molecule has 1 aromatic heterocycles. The van der Waals surface area contributed by atoms with Gasteiger partial charge in [-0.15, -0.1) is 13.2 Å². The van der Waals surface area contributed by atoms with Crippen LogP contribution >= 0.6 is 22.6 Å². The summed E-state index contributed by atoms with van der Waals surface area (Å²) in [5.74, 6) is -2.66. The van der Waals surface area contributed by atoms with Crippen molar-refractivity contribution in [1.82, 2.24) is 4.98 Å². The third kappa shape index (κ3) is 3.61. The predicted molar refractivity (Wildman–Crippen MR) is 57.1 cm³/mol. The molecule has 0 atom stereocenters. The number of carboxylic acid groups (broad SMARTS) is 1. The molecular weight excluding hydrogens is 358 g/mol. The van der Waals surface area contributed by atoms with E-state index in [1.54, 1.807) is 22.6 Å². The lowest BCUT2D eigenvalue weighted by molar-refractivity contribution is -0.276. The summed E-state index contributed by atoms with van der Waals surface area (Å²) in [7, 11) is 1.13. The first-order chi connectivity index (χ1) is 7.74. The van der Waals surface area contributed by atoms with Crippen LogP contribution in [0, 0.1) is 3.57 Å². The van der Waals surface area contributed by atoms with Gasteiger partial charge in [0, 0.05) is 0 Å². The summed E-state index contributed by atoms with van der Waals surface area (Å²) in [5.41, 5.74) is -0.561. The van der Waals surface area contributed by atoms with Crippen molar-refractivity contribution < 1.29 is 32.5 Å². The number of rotatable bonds is 3. The highest BCUT2D eigenvalue weighted by Gasteiger charge is 2.34. The Labute approximate surface area is 107 Å². The number of methoxy groups -OCH3 is 1. The molecule has 0 aliphatic rings. The zero-order chi connectivity index (χ0) is 13.2. The molecule has 0 bridgehead atoms. The number of carboxylic acids is 1. The monoisotopic (exact) mass is 363 g/mol. The van der Waals surface area contributed by atoms with Crippen LogP contribution in [0.5, 0.6) is 11.6 Å². The summed E-state index contributed by atoms with van der Waals surface area (Å²) >= 11 is 1.62. The van der Waals surface area contributed by atoms with E-state index in [1.165, 1.54) is 0 Å². The van der Waals surface area contributed by atoms with E-state index in [1.807, 2.05) is 0 Å². The molecule has 1 aromatic rings. The fourth-order valence-corrected chi connectivity index (χ4v) is 1.70. The summed E-state index contributed by atoms with van der Waals surface area (Å²) in [4.78, 5) is 13.8. The van der Waals surface area contributed by atoms with E-state index in [4.69, 9.17) is 5.11 Å². The molecule has 0 aromatic carbocycles. The van der Waals surface area contributed by atoms with Gasteiger partial charge in [0.25, 0.3) is 5.88 Å². The van der Waals surface area contributed by atoms with Crippen LogP contribution in [-0.4, -0.2) is 29.5 Å². The van der Waals surface area contributed by atoms with Crippen LogP contribution in [0.2, 0.25) is 0 Å². The molecule has 0 aliphatic carbocycles. The summed E-state index contributed by atoms with van der Waals surface area (Å²) in [5, 5.41) is 8.65. The van der Waals surface area contributed by atoms with Crippen LogP contribution in [0.3, 0.4) is 0 Å². The highest BCUT2D eigenvalue weighted by atomic mass is 127. The number of hydrogen-bond acceptors (Lipinski definition) is 4. The van der Waals surface area contributed by atoms with E-state index in [-0.39, 0.29) is 9.32 Å². The van der Waals surface area contributed by atoms with Crippen LogP contribution in [0.4, 0.5) is 13.2 Å². The Morgan fingerprint density at radius 3 is 2.53 bits per heavy atom. The highest BCUT2D eigenvalue weighted by Crippen LogP contribution is 2.34. The van der Waals surface area contributed by atoms with Gasteiger partial charge >= 0.3 is 12.3 Å². The number of alkyl halides is 3. The summed E-state index contributed by atoms with van der Waals surface area (Å²) < 4.78 is 44.6. The smallest absolute Gasteiger partial charge is 0.490 e. The van der Waals surface area contributed by atoms with Crippen molar-refractivity contribution in [1.29, 1.82) is 0 Å². The molecule has 0 spiro atoms. The Morgan fingerprint density at radius 1 is 1.53 bits per heavy atom. The molecule has 1 heterocycles. The highest BCUT2D eigenvalue weighted by molar-refractivity contribution is 14.1. The number of aromatic carboxylic acids is 1. The third-order valence-corrected chi connectivity index (χ3v) is 2.33. The summed E-state index contributed by atoms with van der Waals surface area (Å²) in [6, 6.07) is 1.07. The van der Waals surface area contributed by atoms with E-state index in [0.717, 1.165) is 13.2 Å². The van der Waals surface area contributed by atoms with Gasteiger partial charge < -0.3 is 14.6 Å². The van der Waals surface area contributed by atoms with Gasteiger partial charge in [0.2, 0.25) is 0 Å². The Morgan fingerprint density at radius 2 is 2.12 bits per heavy atom. The number of pyridine rings is 1. The molecule has 9 heteroatoms. The lowest BCUT2D eigenvalue weighted by Crippen LogP contribution is -2.19. The van der Waals surface area contributed by atoms with E-state index in [9.17, 15) is 18.0 Å². The van der Waals surface area contributed by atoms with Crippen LogP contribution < -0.4 is 9.47 Å². The normalized spacial score (nSPS) is 11.1. The standard InChI is InChI=1S/C8H5F3INO4/c1-16-5-3(12)2-4(7(14)15)13-6(5)17-8(9,10)11/h2H,1H3,(H,14,15). The molecule has 0 saturated heterocycles. The summed E-state index contributed by atoms with van der Waals surface area (Å²) in [6.45, 7) is 0. The largest absolute Gasteiger partial charge is 0.574 e. The zero-order valence-corrected chi connectivity index (χ0v) is 10.4. The zero-order valence-electron chi connectivity index (χ0n) is 8.21. The van der Waals surface area contributed by atoms with Gasteiger partial charge in [-0.25, -0.2) is 9.78 Å². The van der Waals surface area contributed by atoms with Gasteiger partial charge in [0.05, 0.1) is 10.7 Å². The number of aromatic nitrogens is 1. The maximum Gasteiger partial charge on any atom is 0.574 e. The third-order valence-electron chi connectivity index (χ3n) is 1.53. The Bertz CT molecular complexity index is 449. The minimum Gasteiger partial charge on any atom is -0.490 e. The SMILES string of the molecule is COc1c(I)cc(C(=O)O)nc1OC(F)(F)F. The minimum absolute atomic E-state index is 0.150. The van der Waals surface area contributed by atoms with Crippen LogP contribution in [-0.2, 0) is 0 Å². The molecule has 5 nitrogen and oxygen atoms in total. The van der Waals surface area contributed by atoms with Gasteiger partial charge in [-0.05, 0) is 28.7 Å². The van der Waals surface area contributed by atoms with Gasteiger partial charge in [-0.3, -0.25) is 0 Å². The van der Waals surface area contributed by atoms with E-state index >= 15 is 0 Å². The van der Waals surface area contributed by atoms with Gasteiger partial charge in [0.1, 0.15) is 0 Å². The predicted octanol–water partition coefficient (Wildman–Crippen LogP) is 2.29. The molecule has 94 valence electrons. The first-order valence-corrected chi connectivity index (χ1v) is 5.06. The second-order valence-corrected chi connectivity index (χ2v) is 3.84. The average molecular weight is 363 g/mol. The van der Waals surface area contributed by atoms with Crippen LogP contribution in [0.1, 0.15) is 10.5 Å². The number of hydrogen-bond donors (Lipinski definition) is 1. The van der Waals surface area contributed by atoms with E-state index in [2.05, 4.69) is 14.5 Å². The molecule has 0 saturated carbocycles. The number of ether oxygens (including phenoxy) is 2. The van der Waals surface area contributed by atoms with Gasteiger partial charge in [-0.1, -0.05) is 0 Å². The van der Waals surface area contributed by atoms with E-state index < -0.39 is 23.9 Å². The van der Waals surface area contributed by atoms with E-state index in [0.29, 0.717) is 0 Å². The molecule has 17 heavy (non-hydrogen) atoms. The molecule has 1 N–H and O–H groups in total. The molecule has 0 aliphatic heterocycles. The van der Waals surface area contributed by atoms with Crippen molar-refractivity contribution in [3.63, 3.8) is 0 Å². The van der Waals surface area contributed by atoms with Crippen molar-refractivity contribution in [2.24, 2.45) is 0 Å². The lowest BCUT2D eigenvalue weighted by Gasteiger charge is -2.13. The van der Waals surface area contributed by atoms with Crippen molar-refractivity contribution >= 4 is 28.6 Å². The molecule has 0 amide bonds. The number of nitrogens with zero attached hydrogens (tertiary/aromatic N) is 1. The van der Waals surface area contributed by atoms with Crippen molar-refractivity contribution in [3.8, 4) is 11.6 Å². The van der Waals surface area contributed by atoms with Crippen LogP contribution in [0.15, 0.2) is 6.07 Å². The fraction of sp³-hybridized carbons (Fsp3) is 0.250. The van der Waals surface area contributed by atoms with Gasteiger partial charge in [-0.2, -0.15) is 0 Å². The number of carbonyl (C=O) groups is 1. The maximum absolute atomic E-state index is 12.1. The lowest BCUT2D eigenvalue weighted by atomic mass is 10.3. The average Bonchev–Trinajstić information content (AvgIpc) is 2.14. The molecule has 1 rings (SSSR count). The molecular formula is C8H5F3INO4. The Hall–Kier alpha value is -1.26. The van der Waals surface area contributed by atoms with Crippen molar-refractivity contribution in [2.75, 3.05) is 7.11 Å². The number of halogens is 4. The fourth-order valence-electron chi connectivity index (χ4n) is 0.953. The molecule has 0 radical (unpaired) electrons. The van der Waals surface area contributed by atoms with Crippen LogP contribution in [0.25, 0.3) is 0 Å². The summed E-state index contributed by atoms with van der Waals surface area (Å²) in [6.07, 6.45) is -4.97. The Balaban J connectivity index is 3.29. The molecule has 0 unspecified atom stereocenters. The first kappa shape index (κ1) is 13.8. The maximum atomic E-state index is 12.1. The topological polar surface area (TPSA) is 68.7 Å². The van der Waals surface area contributed by atoms with Crippen molar-refractivity contribution in [2.45, 2.75) is 6.36 Å². The quantitative estimate of drug-likeness (QED) is 0.835. The van der Waals surface area contributed by atoms with Crippen molar-refractivity contribution in [3.05, 3.63) is 15.3 Å². The second-order valence-electron chi connectivity index (χ2n) is 2.68. The second kappa shape index (κ2) is 4.94. The minimum atomic E-state index is -4.97. The van der Waals surface area contributed by atoms with Gasteiger partial charge in [0.15, 0.2) is 11.4 Å². The first-order valence-electron chi connectivity index (χ1n) is 3.98.